The fourth-order valence-electron chi connectivity index (χ4n) is 2.58. The lowest BCUT2D eigenvalue weighted by Gasteiger charge is -2.09. The second-order valence-electron chi connectivity index (χ2n) is 5.15. The zero-order valence-electron chi connectivity index (χ0n) is 12.1. The number of nitrogens with zero attached hydrogens (tertiary/aromatic N) is 3. The van der Waals surface area contributed by atoms with Crippen molar-refractivity contribution in [2.24, 2.45) is 7.05 Å². The molecular weight excluding hydrogens is 266 g/mol. The standard InChI is InChI=1S/C16H15N3O2/c1-9-4-5-10(2)12(8-9)11-6-7-17-15-13(11)14(16(20)21)18-19(15)3/h4-8H,1-3H3,(H,20,21). The summed E-state index contributed by atoms with van der Waals surface area (Å²) in [4.78, 5) is 15.7. The molecule has 0 bridgehead atoms. The third-order valence-electron chi connectivity index (χ3n) is 3.61. The topological polar surface area (TPSA) is 68.0 Å². The van der Waals surface area contributed by atoms with Gasteiger partial charge in [0, 0.05) is 13.2 Å². The molecule has 0 radical (unpaired) electrons. The van der Waals surface area contributed by atoms with Gasteiger partial charge >= 0.3 is 5.97 Å². The average molecular weight is 281 g/mol. The maximum atomic E-state index is 11.5. The van der Waals surface area contributed by atoms with Crippen molar-refractivity contribution in [3.63, 3.8) is 0 Å². The van der Waals surface area contributed by atoms with Crippen molar-refractivity contribution < 1.29 is 9.90 Å². The zero-order valence-corrected chi connectivity index (χ0v) is 12.1. The van der Waals surface area contributed by atoms with Gasteiger partial charge in [-0.25, -0.2) is 14.5 Å². The van der Waals surface area contributed by atoms with Crippen LogP contribution in [0, 0.1) is 13.8 Å². The fraction of sp³-hybridized carbons (Fsp3) is 0.188. The lowest BCUT2D eigenvalue weighted by Crippen LogP contribution is -1.99. The summed E-state index contributed by atoms with van der Waals surface area (Å²) in [7, 11) is 1.70. The molecule has 0 saturated carbocycles. The fourth-order valence-corrected chi connectivity index (χ4v) is 2.58. The van der Waals surface area contributed by atoms with Crippen molar-refractivity contribution >= 4 is 17.0 Å². The molecular formula is C16H15N3O2. The van der Waals surface area contributed by atoms with Crippen molar-refractivity contribution in [3.8, 4) is 11.1 Å². The molecule has 0 unspecified atom stereocenters. The number of aromatic carboxylic acids is 1. The van der Waals surface area contributed by atoms with Crippen LogP contribution in [-0.4, -0.2) is 25.8 Å². The van der Waals surface area contributed by atoms with Crippen molar-refractivity contribution in [1.82, 2.24) is 14.8 Å². The molecule has 0 aliphatic rings. The normalized spacial score (nSPS) is 11.0. The lowest BCUT2D eigenvalue weighted by atomic mass is 9.96. The van der Waals surface area contributed by atoms with Gasteiger partial charge in [0.05, 0.1) is 5.39 Å². The van der Waals surface area contributed by atoms with E-state index < -0.39 is 5.97 Å². The molecule has 0 aliphatic carbocycles. The summed E-state index contributed by atoms with van der Waals surface area (Å²) < 4.78 is 1.51. The molecule has 5 heteroatoms. The van der Waals surface area contributed by atoms with E-state index in [0.29, 0.717) is 11.0 Å². The first kappa shape index (κ1) is 13.3. The summed E-state index contributed by atoms with van der Waals surface area (Å²) >= 11 is 0. The SMILES string of the molecule is Cc1ccc(C)c(-c2ccnc3c2c(C(=O)O)nn3C)c1. The van der Waals surface area contributed by atoms with Crippen LogP contribution in [-0.2, 0) is 7.05 Å². The van der Waals surface area contributed by atoms with Gasteiger partial charge in [-0.1, -0.05) is 23.8 Å². The van der Waals surface area contributed by atoms with Gasteiger partial charge < -0.3 is 5.11 Å². The summed E-state index contributed by atoms with van der Waals surface area (Å²) in [6, 6.07) is 7.98. The quantitative estimate of drug-likeness (QED) is 0.784. The Hall–Kier alpha value is -2.69. The number of hydrogen-bond acceptors (Lipinski definition) is 3. The smallest absolute Gasteiger partial charge is 0.357 e. The summed E-state index contributed by atoms with van der Waals surface area (Å²) in [6.07, 6.45) is 1.69. The zero-order chi connectivity index (χ0) is 15.1. The van der Waals surface area contributed by atoms with Crippen LogP contribution in [0.25, 0.3) is 22.2 Å². The Morgan fingerprint density at radius 1 is 1.19 bits per heavy atom. The van der Waals surface area contributed by atoms with Crippen LogP contribution in [0.1, 0.15) is 21.6 Å². The van der Waals surface area contributed by atoms with Crippen LogP contribution in [0.2, 0.25) is 0 Å². The number of carboxylic acids is 1. The Bertz CT molecular complexity index is 865. The van der Waals surface area contributed by atoms with Crippen LogP contribution in [0.15, 0.2) is 30.5 Å². The predicted molar refractivity (Wildman–Crippen MR) is 80.4 cm³/mol. The van der Waals surface area contributed by atoms with E-state index in [4.69, 9.17) is 0 Å². The third-order valence-corrected chi connectivity index (χ3v) is 3.61. The summed E-state index contributed by atoms with van der Waals surface area (Å²) in [5.74, 6) is -1.04. The molecule has 0 fully saturated rings. The van der Waals surface area contributed by atoms with Crippen molar-refractivity contribution in [2.45, 2.75) is 13.8 Å². The van der Waals surface area contributed by atoms with E-state index >= 15 is 0 Å². The number of pyridine rings is 1. The second-order valence-corrected chi connectivity index (χ2v) is 5.15. The number of aromatic nitrogens is 3. The molecule has 106 valence electrons. The van der Waals surface area contributed by atoms with E-state index in [9.17, 15) is 9.90 Å². The molecule has 2 heterocycles. The largest absolute Gasteiger partial charge is 0.476 e. The number of aryl methyl sites for hydroxylation is 3. The number of benzene rings is 1. The van der Waals surface area contributed by atoms with Gasteiger partial charge in [-0.3, -0.25) is 0 Å². The number of hydrogen-bond donors (Lipinski definition) is 1. The van der Waals surface area contributed by atoms with E-state index in [1.54, 1.807) is 13.2 Å². The van der Waals surface area contributed by atoms with Crippen LogP contribution in [0.4, 0.5) is 0 Å². The number of carboxylic acid groups (broad SMARTS) is 1. The van der Waals surface area contributed by atoms with Gasteiger partial charge in [0.1, 0.15) is 0 Å². The van der Waals surface area contributed by atoms with Crippen LogP contribution >= 0.6 is 0 Å². The highest BCUT2D eigenvalue weighted by Gasteiger charge is 2.20. The Balaban J connectivity index is 2.43. The molecule has 0 spiro atoms. The molecule has 0 aliphatic heterocycles. The molecule has 0 amide bonds. The van der Waals surface area contributed by atoms with Gasteiger partial charge in [-0.05, 0) is 36.6 Å². The first-order chi connectivity index (χ1) is 9.99. The van der Waals surface area contributed by atoms with Crippen molar-refractivity contribution in [3.05, 3.63) is 47.3 Å². The number of rotatable bonds is 2. The van der Waals surface area contributed by atoms with E-state index in [2.05, 4.69) is 16.1 Å². The Labute approximate surface area is 121 Å². The third kappa shape index (κ3) is 2.07. The molecule has 5 nitrogen and oxygen atoms in total. The summed E-state index contributed by atoms with van der Waals surface area (Å²) in [6.45, 7) is 4.03. The molecule has 1 N–H and O–H groups in total. The summed E-state index contributed by atoms with van der Waals surface area (Å²) in [5.41, 5.74) is 4.70. The minimum absolute atomic E-state index is 0.0384. The van der Waals surface area contributed by atoms with Crippen LogP contribution in [0.3, 0.4) is 0 Å². The Morgan fingerprint density at radius 3 is 2.67 bits per heavy atom. The van der Waals surface area contributed by atoms with Gasteiger partial charge in [-0.15, -0.1) is 0 Å². The summed E-state index contributed by atoms with van der Waals surface area (Å²) in [5, 5.41) is 14.1. The molecule has 0 atom stereocenters. The predicted octanol–water partition coefficient (Wildman–Crippen LogP) is 2.95. The number of carbonyl (C=O) groups is 1. The van der Waals surface area contributed by atoms with E-state index in [1.165, 1.54) is 4.68 Å². The second kappa shape index (κ2) is 4.70. The van der Waals surface area contributed by atoms with Gasteiger partial charge in [0.2, 0.25) is 0 Å². The van der Waals surface area contributed by atoms with E-state index in [1.807, 2.05) is 32.0 Å². The Morgan fingerprint density at radius 2 is 1.95 bits per heavy atom. The minimum Gasteiger partial charge on any atom is -0.476 e. The maximum absolute atomic E-state index is 11.5. The van der Waals surface area contributed by atoms with E-state index in [0.717, 1.165) is 22.3 Å². The van der Waals surface area contributed by atoms with Gasteiger partial charge in [0.25, 0.3) is 0 Å². The molecule has 3 rings (SSSR count). The van der Waals surface area contributed by atoms with E-state index in [-0.39, 0.29) is 5.69 Å². The molecule has 0 saturated heterocycles. The average Bonchev–Trinajstić information content (AvgIpc) is 2.79. The molecule has 1 aromatic carbocycles. The van der Waals surface area contributed by atoms with Crippen molar-refractivity contribution in [1.29, 1.82) is 0 Å². The highest BCUT2D eigenvalue weighted by Crippen LogP contribution is 2.32. The van der Waals surface area contributed by atoms with Gasteiger partial charge in [0.15, 0.2) is 11.3 Å². The minimum atomic E-state index is -1.04. The maximum Gasteiger partial charge on any atom is 0.357 e. The Kier molecular flexibility index (Phi) is 2.97. The van der Waals surface area contributed by atoms with Crippen molar-refractivity contribution in [2.75, 3.05) is 0 Å². The first-order valence-electron chi connectivity index (χ1n) is 6.61. The molecule has 21 heavy (non-hydrogen) atoms. The number of fused-ring (bicyclic) bond motifs is 1. The molecule has 2 aromatic heterocycles. The molecule has 3 aromatic rings. The highest BCUT2D eigenvalue weighted by atomic mass is 16.4. The van der Waals surface area contributed by atoms with Crippen LogP contribution in [0.5, 0.6) is 0 Å². The first-order valence-corrected chi connectivity index (χ1v) is 6.61. The monoisotopic (exact) mass is 281 g/mol. The van der Waals surface area contributed by atoms with Gasteiger partial charge in [-0.2, -0.15) is 5.10 Å². The van der Waals surface area contributed by atoms with Crippen LogP contribution < -0.4 is 0 Å². The lowest BCUT2D eigenvalue weighted by molar-refractivity contribution is 0.0691. The highest BCUT2D eigenvalue weighted by molar-refractivity contribution is 6.07.